The summed E-state index contributed by atoms with van der Waals surface area (Å²) in [6, 6.07) is 8.49. The van der Waals surface area contributed by atoms with Crippen LogP contribution in [-0.4, -0.2) is 40.8 Å². The summed E-state index contributed by atoms with van der Waals surface area (Å²) in [7, 11) is 0. The van der Waals surface area contributed by atoms with Crippen molar-refractivity contribution in [1.82, 2.24) is 14.9 Å². The number of amides is 1. The van der Waals surface area contributed by atoms with Crippen molar-refractivity contribution in [3.8, 4) is 0 Å². The molecule has 26 heavy (non-hydrogen) atoms. The molecule has 0 aromatic carbocycles. The maximum absolute atomic E-state index is 12.5. The smallest absolute Gasteiger partial charge is 0.251 e. The summed E-state index contributed by atoms with van der Waals surface area (Å²) in [5.41, 5.74) is 0.996. The van der Waals surface area contributed by atoms with Gasteiger partial charge in [-0.1, -0.05) is 6.07 Å². The van der Waals surface area contributed by atoms with Gasteiger partial charge in [-0.3, -0.25) is 14.6 Å². The molecule has 1 N–H and O–H groups in total. The van der Waals surface area contributed by atoms with Gasteiger partial charge < -0.3 is 19.4 Å². The van der Waals surface area contributed by atoms with Gasteiger partial charge in [0.15, 0.2) is 0 Å². The lowest BCUT2D eigenvalue weighted by Gasteiger charge is -2.32. The molecular formula is C19H23N3O4. The molecule has 0 aliphatic carbocycles. The molecule has 1 amide bonds. The Morgan fingerprint density at radius 3 is 3.04 bits per heavy atom. The number of nitrogens with zero attached hydrogens (tertiary/aromatic N) is 2. The van der Waals surface area contributed by atoms with E-state index >= 15 is 0 Å². The van der Waals surface area contributed by atoms with Crippen LogP contribution < -0.4 is 10.9 Å². The Bertz CT molecular complexity index is 791. The van der Waals surface area contributed by atoms with Crippen molar-refractivity contribution >= 4 is 5.91 Å². The van der Waals surface area contributed by atoms with E-state index in [0.29, 0.717) is 38.3 Å². The molecule has 0 radical (unpaired) electrons. The van der Waals surface area contributed by atoms with Crippen LogP contribution in [0, 0.1) is 0 Å². The van der Waals surface area contributed by atoms with Crippen molar-refractivity contribution in [3.63, 3.8) is 0 Å². The Kier molecular flexibility index (Phi) is 6.14. The molecule has 0 bridgehead atoms. The van der Waals surface area contributed by atoms with Crippen molar-refractivity contribution in [2.75, 3.05) is 13.2 Å². The molecule has 3 heterocycles. The van der Waals surface area contributed by atoms with E-state index in [1.54, 1.807) is 23.0 Å². The zero-order valence-electron chi connectivity index (χ0n) is 14.8. The minimum Gasteiger partial charge on any atom is -0.379 e. The van der Waals surface area contributed by atoms with Gasteiger partial charge in [0.25, 0.3) is 11.5 Å². The molecule has 2 aromatic heterocycles. The van der Waals surface area contributed by atoms with Crippen molar-refractivity contribution in [1.29, 1.82) is 0 Å². The van der Waals surface area contributed by atoms with Gasteiger partial charge >= 0.3 is 0 Å². The molecule has 3 rings (SSSR count). The molecule has 0 spiro atoms. The highest BCUT2D eigenvalue weighted by Crippen LogP contribution is 2.14. The molecule has 2 aromatic rings. The molecule has 0 saturated carbocycles. The van der Waals surface area contributed by atoms with Gasteiger partial charge in [-0.2, -0.15) is 0 Å². The largest absolute Gasteiger partial charge is 0.379 e. The van der Waals surface area contributed by atoms with Crippen LogP contribution in [0.25, 0.3) is 0 Å². The van der Waals surface area contributed by atoms with Gasteiger partial charge in [-0.25, -0.2) is 0 Å². The summed E-state index contributed by atoms with van der Waals surface area (Å²) < 4.78 is 12.9. The Labute approximate surface area is 152 Å². The second-order valence-electron chi connectivity index (χ2n) is 6.15. The number of carbonyl (C=O) groups is 1. The van der Waals surface area contributed by atoms with Crippen LogP contribution in [0.1, 0.15) is 29.4 Å². The van der Waals surface area contributed by atoms with Gasteiger partial charge in [0.05, 0.1) is 24.9 Å². The summed E-state index contributed by atoms with van der Waals surface area (Å²) in [6.07, 6.45) is 3.75. The molecule has 1 fully saturated rings. The zero-order valence-corrected chi connectivity index (χ0v) is 14.8. The van der Waals surface area contributed by atoms with E-state index < -0.39 is 0 Å². The highest BCUT2D eigenvalue weighted by molar-refractivity contribution is 5.94. The fourth-order valence-electron chi connectivity index (χ4n) is 2.88. The van der Waals surface area contributed by atoms with Gasteiger partial charge in [-0.05, 0) is 31.5 Å². The topological polar surface area (TPSA) is 82.5 Å². The molecule has 1 aliphatic heterocycles. The maximum atomic E-state index is 12.5. The summed E-state index contributed by atoms with van der Waals surface area (Å²) in [5, 5.41) is 2.97. The number of ether oxygens (including phenoxy) is 2. The molecular weight excluding hydrogens is 334 g/mol. The molecule has 0 unspecified atom stereocenters. The van der Waals surface area contributed by atoms with E-state index in [2.05, 4.69) is 10.3 Å². The zero-order chi connectivity index (χ0) is 18.4. The first kappa shape index (κ1) is 18.3. The Morgan fingerprint density at radius 1 is 1.42 bits per heavy atom. The third kappa shape index (κ3) is 4.56. The number of carbonyl (C=O) groups excluding carboxylic acids is 1. The predicted octanol–water partition coefficient (Wildman–Crippen LogP) is 1.37. The number of pyridine rings is 2. The summed E-state index contributed by atoms with van der Waals surface area (Å²) in [5.74, 6) is -0.274. The van der Waals surface area contributed by atoms with E-state index in [1.165, 1.54) is 6.07 Å². The van der Waals surface area contributed by atoms with Gasteiger partial charge in [0.1, 0.15) is 6.10 Å². The fourth-order valence-corrected chi connectivity index (χ4v) is 2.88. The number of aryl methyl sites for hydroxylation is 1. The second kappa shape index (κ2) is 8.73. The lowest BCUT2D eigenvalue weighted by atomic mass is 10.1. The standard InChI is InChI=1S/C19H23N3O4/c1-2-22-9-6-14(11-18(22)23)19(24)21-16-7-10-25-13-17(16)26-12-15-5-3-4-8-20-15/h3-6,8-9,11,16-17H,2,7,10,12-13H2,1H3,(H,21,24)/t16-,17-/m1/s1. The molecule has 7 heteroatoms. The molecule has 1 aliphatic rings. The van der Waals surface area contributed by atoms with Gasteiger partial charge in [0.2, 0.25) is 0 Å². The summed E-state index contributed by atoms with van der Waals surface area (Å²) in [6.45, 7) is 3.78. The van der Waals surface area contributed by atoms with Crippen LogP contribution in [0.3, 0.4) is 0 Å². The number of hydrogen-bond donors (Lipinski definition) is 1. The van der Waals surface area contributed by atoms with Crippen LogP contribution in [0.4, 0.5) is 0 Å². The lowest BCUT2D eigenvalue weighted by Crippen LogP contribution is -2.50. The lowest BCUT2D eigenvalue weighted by molar-refractivity contribution is -0.0743. The first-order chi connectivity index (χ1) is 12.7. The predicted molar refractivity (Wildman–Crippen MR) is 95.9 cm³/mol. The Morgan fingerprint density at radius 2 is 2.31 bits per heavy atom. The van der Waals surface area contributed by atoms with Crippen LogP contribution >= 0.6 is 0 Å². The van der Waals surface area contributed by atoms with E-state index in [4.69, 9.17) is 9.47 Å². The normalized spacial score (nSPS) is 19.9. The molecule has 1 saturated heterocycles. The minimum absolute atomic E-state index is 0.173. The SMILES string of the molecule is CCn1ccc(C(=O)N[C@@H]2CCOC[C@H]2OCc2ccccn2)cc1=O. The van der Waals surface area contributed by atoms with Crippen LogP contribution in [0.15, 0.2) is 47.5 Å². The number of nitrogens with one attached hydrogen (secondary N) is 1. The first-order valence-electron chi connectivity index (χ1n) is 8.78. The highest BCUT2D eigenvalue weighted by atomic mass is 16.5. The van der Waals surface area contributed by atoms with Crippen LogP contribution in [-0.2, 0) is 22.6 Å². The third-order valence-corrected chi connectivity index (χ3v) is 4.39. The average molecular weight is 357 g/mol. The first-order valence-corrected chi connectivity index (χ1v) is 8.78. The van der Waals surface area contributed by atoms with E-state index in [1.807, 2.05) is 25.1 Å². The summed E-state index contributed by atoms with van der Waals surface area (Å²) >= 11 is 0. The van der Waals surface area contributed by atoms with Crippen molar-refractivity contribution in [3.05, 3.63) is 64.3 Å². The molecule has 7 nitrogen and oxygen atoms in total. The van der Waals surface area contributed by atoms with Crippen molar-refractivity contribution in [2.24, 2.45) is 0 Å². The second-order valence-corrected chi connectivity index (χ2v) is 6.15. The Balaban J connectivity index is 1.63. The van der Waals surface area contributed by atoms with Crippen molar-refractivity contribution in [2.45, 2.75) is 38.6 Å². The monoisotopic (exact) mass is 357 g/mol. The fraction of sp³-hybridized carbons (Fsp3) is 0.421. The molecule has 138 valence electrons. The van der Waals surface area contributed by atoms with Crippen molar-refractivity contribution < 1.29 is 14.3 Å². The number of rotatable bonds is 6. The van der Waals surface area contributed by atoms with Crippen LogP contribution in [0.2, 0.25) is 0 Å². The quantitative estimate of drug-likeness (QED) is 0.844. The average Bonchev–Trinajstić information content (AvgIpc) is 2.68. The van der Waals surface area contributed by atoms with E-state index in [-0.39, 0.29) is 23.6 Å². The minimum atomic E-state index is -0.274. The molecule has 2 atom stereocenters. The maximum Gasteiger partial charge on any atom is 0.251 e. The number of hydrogen-bond acceptors (Lipinski definition) is 5. The number of aromatic nitrogens is 2. The highest BCUT2D eigenvalue weighted by Gasteiger charge is 2.28. The van der Waals surface area contributed by atoms with E-state index in [0.717, 1.165) is 5.69 Å². The van der Waals surface area contributed by atoms with Crippen LogP contribution in [0.5, 0.6) is 0 Å². The van der Waals surface area contributed by atoms with E-state index in [9.17, 15) is 9.59 Å². The van der Waals surface area contributed by atoms with Gasteiger partial charge in [0, 0.05) is 37.2 Å². The summed E-state index contributed by atoms with van der Waals surface area (Å²) in [4.78, 5) is 28.7. The third-order valence-electron chi connectivity index (χ3n) is 4.39. The Hall–Kier alpha value is -2.51. The van der Waals surface area contributed by atoms with Gasteiger partial charge in [-0.15, -0.1) is 0 Å².